The average molecular weight is 368 g/mol. The summed E-state index contributed by atoms with van der Waals surface area (Å²) >= 11 is 0. The summed E-state index contributed by atoms with van der Waals surface area (Å²) < 4.78 is 13.1. The molecule has 1 amide bonds. The Morgan fingerprint density at radius 2 is 1.78 bits per heavy atom. The first-order valence-electron chi connectivity index (χ1n) is 9.72. The van der Waals surface area contributed by atoms with E-state index >= 15 is 0 Å². The summed E-state index contributed by atoms with van der Waals surface area (Å²) in [4.78, 5) is 16.9. The molecule has 2 aromatic carbocycles. The van der Waals surface area contributed by atoms with Gasteiger partial charge in [-0.1, -0.05) is 12.1 Å². The van der Waals surface area contributed by atoms with Crippen LogP contribution in [-0.4, -0.2) is 42.1 Å². The van der Waals surface area contributed by atoms with Crippen LogP contribution in [0.25, 0.3) is 0 Å². The highest BCUT2D eigenvalue weighted by Gasteiger charge is 2.25. The van der Waals surface area contributed by atoms with E-state index in [1.807, 2.05) is 18.2 Å². The van der Waals surface area contributed by atoms with Gasteiger partial charge in [-0.05, 0) is 80.2 Å². The number of aliphatic hydroxyl groups excluding tert-OH is 1. The quantitative estimate of drug-likeness (QED) is 0.898. The lowest BCUT2D eigenvalue weighted by molar-refractivity contribution is 0.0985. The highest BCUT2D eigenvalue weighted by molar-refractivity contribution is 6.06. The van der Waals surface area contributed by atoms with Crippen LogP contribution in [0.5, 0.6) is 0 Å². The Labute approximate surface area is 159 Å². The zero-order valence-electron chi connectivity index (χ0n) is 15.4. The zero-order valence-corrected chi connectivity index (χ0v) is 15.4. The van der Waals surface area contributed by atoms with Crippen LogP contribution in [0.2, 0.25) is 0 Å². The molecule has 2 heterocycles. The van der Waals surface area contributed by atoms with Gasteiger partial charge < -0.3 is 14.9 Å². The van der Waals surface area contributed by atoms with E-state index in [9.17, 15) is 14.3 Å². The van der Waals surface area contributed by atoms with Gasteiger partial charge in [0.05, 0.1) is 6.10 Å². The lowest BCUT2D eigenvalue weighted by Crippen LogP contribution is -2.35. The van der Waals surface area contributed by atoms with Crippen molar-refractivity contribution in [3.05, 3.63) is 65.0 Å². The molecule has 0 aliphatic carbocycles. The van der Waals surface area contributed by atoms with Crippen molar-refractivity contribution in [1.29, 1.82) is 0 Å². The molecular weight excluding hydrogens is 343 g/mol. The smallest absolute Gasteiger partial charge is 0.258 e. The van der Waals surface area contributed by atoms with E-state index in [1.165, 1.54) is 37.1 Å². The maximum absolute atomic E-state index is 13.1. The van der Waals surface area contributed by atoms with Crippen LogP contribution in [0.15, 0.2) is 42.5 Å². The largest absolute Gasteiger partial charge is 0.387 e. The summed E-state index contributed by atoms with van der Waals surface area (Å²) in [5.74, 6) is -0.455. The molecule has 2 aliphatic rings. The van der Waals surface area contributed by atoms with Gasteiger partial charge in [-0.15, -0.1) is 0 Å². The molecule has 4 rings (SSSR count). The monoisotopic (exact) mass is 368 g/mol. The van der Waals surface area contributed by atoms with Crippen LogP contribution < -0.4 is 4.90 Å². The van der Waals surface area contributed by atoms with Crippen molar-refractivity contribution >= 4 is 11.6 Å². The number of carbonyl (C=O) groups excluding carboxylic acids is 1. The molecule has 5 heteroatoms. The number of amides is 1. The van der Waals surface area contributed by atoms with Gasteiger partial charge in [0.15, 0.2) is 0 Å². The maximum Gasteiger partial charge on any atom is 0.258 e. The Bertz CT molecular complexity index is 816. The summed E-state index contributed by atoms with van der Waals surface area (Å²) in [6.45, 7) is 3.43. The van der Waals surface area contributed by atoms with Crippen LogP contribution in [0.3, 0.4) is 0 Å². The van der Waals surface area contributed by atoms with E-state index in [0.29, 0.717) is 18.7 Å². The number of hydrogen-bond donors (Lipinski definition) is 1. The second-order valence-electron chi connectivity index (χ2n) is 7.48. The van der Waals surface area contributed by atoms with Crippen LogP contribution in [-0.2, 0) is 6.42 Å². The maximum atomic E-state index is 13.1. The molecule has 0 saturated carbocycles. The number of benzene rings is 2. The number of aryl methyl sites for hydroxylation is 1. The van der Waals surface area contributed by atoms with Crippen molar-refractivity contribution in [2.45, 2.75) is 31.8 Å². The highest BCUT2D eigenvalue weighted by Crippen LogP contribution is 2.31. The molecule has 0 bridgehead atoms. The number of likely N-dealkylation sites (tertiary alicyclic amines) is 1. The summed E-state index contributed by atoms with van der Waals surface area (Å²) in [7, 11) is 0. The average Bonchev–Trinajstić information content (AvgIpc) is 3.20. The molecule has 1 N–H and O–H groups in total. The Balaban J connectivity index is 1.54. The number of aliphatic hydroxyl groups is 1. The third kappa shape index (κ3) is 3.89. The van der Waals surface area contributed by atoms with Crippen LogP contribution >= 0.6 is 0 Å². The SMILES string of the molecule is O=C(c1ccc(F)cc1)N1CCCc2cc([C@@H](O)CN3CCCC3)ccc21. The lowest BCUT2D eigenvalue weighted by atomic mass is 9.96. The molecule has 0 spiro atoms. The molecule has 1 fully saturated rings. The van der Waals surface area contributed by atoms with E-state index in [2.05, 4.69) is 4.90 Å². The van der Waals surface area contributed by atoms with Crippen molar-refractivity contribution in [2.24, 2.45) is 0 Å². The fourth-order valence-electron chi connectivity index (χ4n) is 4.10. The number of fused-ring (bicyclic) bond motifs is 1. The summed E-state index contributed by atoms with van der Waals surface area (Å²) in [5, 5.41) is 10.6. The van der Waals surface area contributed by atoms with Crippen LogP contribution in [0, 0.1) is 5.82 Å². The number of β-amino-alcohol motifs (C(OH)–C–C–N with tert-alkyl or cyclic N) is 1. The molecule has 2 aromatic rings. The van der Waals surface area contributed by atoms with E-state index in [1.54, 1.807) is 4.90 Å². The Morgan fingerprint density at radius 3 is 2.52 bits per heavy atom. The summed E-state index contributed by atoms with van der Waals surface area (Å²) in [6.07, 6.45) is 3.68. The molecule has 0 unspecified atom stereocenters. The first kappa shape index (κ1) is 18.1. The number of carbonyl (C=O) groups is 1. The van der Waals surface area contributed by atoms with Gasteiger partial charge in [0.1, 0.15) is 5.82 Å². The molecule has 142 valence electrons. The molecule has 1 atom stereocenters. The number of nitrogens with zero attached hydrogens (tertiary/aromatic N) is 2. The van der Waals surface area contributed by atoms with E-state index in [0.717, 1.165) is 42.7 Å². The minimum absolute atomic E-state index is 0.110. The fraction of sp³-hybridized carbons (Fsp3) is 0.409. The number of halogens is 1. The predicted octanol–water partition coefficient (Wildman–Crippen LogP) is 3.55. The van der Waals surface area contributed by atoms with Crippen LogP contribution in [0.4, 0.5) is 10.1 Å². The van der Waals surface area contributed by atoms with Gasteiger partial charge in [-0.25, -0.2) is 4.39 Å². The van der Waals surface area contributed by atoms with Crippen LogP contribution in [0.1, 0.15) is 46.9 Å². The minimum Gasteiger partial charge on any atom is -0.387 e. The number of anilines is 1. The Kier molecular flexibility index (Phi) is 5.23. The summed E-state index contributed by atoms with van der Waals surface area (Å²) in [5.41, 5.74) is 3.39. The highest BCUT2D eigenvalue weighted by atomic mass is 19.1. The normalized spacial score (nSPS) is 18.4. The number of rotatable bonds is 4. The third-order valence-corrected chi connectivity index (χ3v) is 5.57. The van der Waals surface area contributed by atoms with E-state index < -0.39 is 6.10 Å². The first-order valence-corrected chi connectivity index (χ1v) is 9.72. The topological polar surface area (TPSA) is 43.8 Å². The molecule has 0 radical (unpaired) electrons. The predicted molar refractivity (Wildman–Crippen MR) is 103 cm³/mol. The van der Waals surface area contributed by atoms with Gasteiger partial charge in [0.25, 0.3) is 5.91 Å². The van der Waals surface area contributed by atoms with E-state index in [-0.39, 0.29) is 11.7 Å². The number of hydrogen-bond acceptors (Lipinski definition) is 3. The second-order valence-corrected chi connectivity index (χ2v) is 7.48. The van der Waals surface area contributed by atoms with E-state index in [4.69, 9.17) is 0 Å². The third-order valence-electron chi connectivity index (χ3n) is 5.57. The van der Waals surface area contributed by atoms with Gasteiger partial charge in [0, 0.05) is 24.3 Å². The van der Waals surface area contributed by atoms with Gasteiger partial charge in [-0.3, -0.25) is 4.79 Å². The summed E-state index contributed by atoms with van der Waals surface area (Å²) in [6, 6.07) is 11.6. The first-order chi connectivity index (χ1) is 13.1. The zero-order chi connectivity index (χ0) is 18.8. The van der Waals surface area contributed by atoms with Crippen molar-refractivity contribution < 1.29 is 14.3 Å². The van der Waals surface area contributed by atoms with Gasteiger partial charge in [-0.2, -0.15) is 0 Å². The lowest BCUT2D eigenvalue weighted by Gasteiger charge is -2.30. The second kappa shape index (κ2) is 7.79. The molecule has 2 aliphatic heterocycles. The molecule has 0 aromatic heterocycles. The molecule has 4 nitrogen and oxygen atoms in total. The van der Waals surface area contributed by atoms with Crippen molar-refractivity contribution in [3.63, 3.8) is 0 Å². The molecular formula is C22H25FN2O2. The Morgan fingerprint density at radius 1 is 1.04 bits per heavy atom. The standard InChI is InChI=1S/C22H25FN2O2/c23-19-8-5-16(6-9-19)22(27)25-13-3-4-17-14-18(7-10-20(17)25)21(26)15-24-11-1-2-12-24/h5-10,14,21,26H,1-4,11-13,15H2/t21-/m0/s1. The molecule has 27 heavy (non-hydrogen) atoms. The minimum atomic E-state index is -0.503. The molecule has 1 saturated heterocycles. The van der Waals surface area contributed by atoms with Gasteiger partial charge >= 0.3 is 0 Å². The van der Waals surface area contributed by atoms with Crippen molar-refractivity contribution in [2.75, 3.05) is 31.1 Å². The Hall–Kier alpha value is -2.24. The van der Waals surface area contributed by atoms with Crippen molar-refractivity contribution in [3.8, 4) is 0 Å². The van der Waals surface area contributed by atoms with Crippen molar-refractivity contribution in [1.82, 2.24) is 4.90 Å². The fourth-order valence-corrected chi connectivity index (χ4v) is 4.10. The van der Waals surface area contributed by atoms with Gasteiger partial charge in [0.2, 0.25) is 0 Å².